The lowest BCUT2D eigenvalue weighted by atomic mass is 10.0. The van der Waals surface area contributed by atoms with Crippen molar-refractivity contribution in [1.29, 1.82) is 0 Å². The lowest BCUT2D eigenvalue weighted by molar-refractivity contribution is -0.112. The molecule has 2 nitrogen and oxygen atoms in total. The van der Waals surface area contributed by atoms with E-state index in [0.717, 1.165) is 30.0 Å². The highest BCUT2D eigenvalue weighted by Crippen LogP contribution is 2.60. The van der Waals surface area contributed by atoms with Crippen LogP contribution in [0.1, 0.15) is 48.0 Å². The predicted molar refractivity (Wildman–Crippen MR) is 72.7 cm³/mol. The third-order valence-corrected chi connectivity index (χ3v) is 4.03. The molecule has 0 heterocycles. The minimum atomic E-state index is 0.115. The number of carbonyl (C=O) groups is 1. The predicted octanol–water partition coefficient (Wildman–Crippen LogP) is 3.39. The molecule has 0 saturated heterocycles. The molecule has 0 spiro atoms. The van der Waals surface area contributed by atoms with E-state index in [4.69, 9.17) is 0 Å². The number of carbonyl (C=O) groups excluding carboxylic acids is 1. The third-order valence-electron chi connectivity index (χ3n) is 4.03. The molecule has 0 amide bonds. The first kappa shape index (κ1) is 14.3. The quantitative estimate of drug-likeness (QED) is 0.717. The first-order valence-electron chi connectivity index (χ1n) is 6.68. The Bertz CT molecular complexity index is 315. The molecule has 1 rings (SSSR count). The van der Waals surface area contributed by atoms with Gasteiger partial charge in [-0.05, 0) is 49.5 Å². The van der Waals surface area contributed by atoms with Gasteiger partial charge in [-0.1, -0.05) is 27.7 Å². The van der Waals surface area contributed by atoms with Crippen molar-refractivity contribution in [1.82, 2.24) is 5.32 Å². The average molecular weight is 237 g/mol. The highest BCUT2D eigenvalue weighted by Gasteiger charge is 2.56. The van der Waals surface area contributed by atoms with E-state index in [1.54, 1.807) is 13.0 Å². The Kier molecular flexibility index (Phi) is 4.40. The number of nitrogens with one attached hydrogen (secondary N) is 1. The summed E-state index contributed by atoms with van der Waals surface area (Å²) in [5.41, 5.74) is 1.46. The van der Waals surface area contributed by atoms with E-state index in [2.05, 4.69) is 33.0 Å². The van der Waals surface area contributed by atoms with Gasteiger partial charge in [-0.3, -0.25) is 4.79 Å². The molecule has 98 valence electrons. The summed E-state index contributed by atoms with van der Waals surface area (Å²) in [6.45, 7) is 13.9. The summed E-state index contributed by atoms with van der Waals surface area (Å²) in [7, 11) is 0. The fourth-order valence-corrected chi connectivity index (χ4v) is 2.87. The number of rotatable bonds is 6. The summed E-state index contributed by atoms with van der Waals surface area (Å²) in [6.07, 6.45) is 2.99. The van der Waals surface area contributed by atoms with Crippen LogP contribution in [0.4, 0.5) is 0 Å². The van der Waals surface area contributed by atoms with Crippen LogP contribution < -0.4 is 5.32 Å². The fourth-order valence-electron chi connectivity index (χ4n) is 2.87. The molecule has 0 bridgehead atoms. The van der Waals surface area contributed by atoms with Crippen molar-refractivity contribution in [2.45, 2.75) is 48.0 Å². The van der Waals surface area contributed by atoms with E-state index in [0.29, 0.717) is 5.41 Å². The molecule has 1 aliphatic carbocycles. The van der Waals surface area contributed by atoms with Gasteiger partial charge >= 0.3 is 0 Å². The van der Waals surface area contributed by atoms with Gasteiger partial charge in [0.1, 0.15) is 0 Å². The summed E-state index contributed by atoms with van der Waals surface area (Å²) >= 11 is 0. The highest BCUT2D eigenvalue weighted by molar-refractivity contribution is 5.87. The molecule has 0 aromatic carbocycles. The van der Waals surface area contributed by atoms with E-state index in [9.17, 15) is 4.79 Å². The van der Waals surface area contributed by atoms with Crippen molar-refractivity contribution in [2.75, 3.05) is 6.54 Å². The minimum absolute atomic E-state index is 0.115. The van der Waals surface area contributed by atoms with Gasteiger partial charge in [0.15, 0.2) is 5.78 Å². The molecule has 17 heavy (non-hydrogen) atoms. The van der Waals surface area contributed by atoms with Crippen molar-refractivity contribution >= 4 is 5.78 Å². The summed E-state index contributed by atoms with van der Waals surface area (Å²) < 4.78 is 0. The summed E-state index contributed by atoms with van der Waals surface area (Å²) in [5.74, 6) is 2.47. The second kappa shape index (κ2) is 5.24. The lowest BCUT2D eigenvalue weighted by Crippen LogP contribution is -2.17. The minimum Gasteiger partial charge on any atom is -0.388 e. The first-order chi connectivity index (χ1) is 7.75. The van der Waals surface area contributed by atoms with Gasteiger partial charge < -0.3 is 5.32 Å². The van der Waals surface area contributed by atoms with Crippen LogP contribution in [0.5, 0.6) is 0 Å². The number of allylic oxidation sites excluding steroid dienone is 2. The monoisotopic (exact) mass is 237 g/mol. The molecule has 2 heteroatoms. The van der Waals surface area contributed by atoms with Crippen LogP contribution in [0, 0.1) is 23.2 Å². The van der Waals surface area contributed by atoms with Crippen molar-refractivity contribution in [3.05, 3.63) is 11.8 Å². The fraction of sp³-hybridized carbons (Fsp3) is 0.800. The van der Waals surface area contributed by atoms with E-state index in [-0.39, 0.29) is 5.78 Å². The SMILES string of the molecule is CC(=O)/C=C(\C)NC[C@H]1[C@@H](CC(C)C)C1(C)C. The van der Waals surface area contributed by atoms with Gasteiger partial charge in [0, 0.05) is 12.2 Å². The largest absolute Gasteiger partial charge is 0.388 e. The zero-order valence-electron chi connectivity index (χ0n) is 12.1. The van der Waals surface area contributed by atoms with Crippen LogP contribution in [-0.4, -0.2) is 12.3 Å². The number of hydrogen-bond donors (Lipinski definition) is 1. The van der Waals surface area contributed by atoms with Crippen LogP contribution in [-0.2, 0) is 4.79 Å². The molecule has 0 radical (unpaired) electrons. The smallest absolute Gasteiger partial charge is 0.154 e. The second-order valence-electron chi connectivity index (χ2n) is 6.48. The zero-order valence-corrected chi connectivity index (χ0v) is 12.1. The third kappa shape index (κ3) is 3.86. The van der Waals surface area contributed by atoms with E-state index < -0.39 is 0 Å². The van der Waals surface area contributed by atoms with E-state index in [1.165, 1.54) is 6.42 Å². The average Bonchev–Trinajstić information content (AvgIpc) is 2.62. The molecule has 1 aliphatic rings. The molecule has 1 saturated carbocycles. The lowest BCUT2D eigenvalue weighted by Gasteiger charge is -2.07. The second-order valence-corrected chi connectivity index (χ2v) is 6.48. The molecule has 0 aromatic rings. The molecule has 2 atom stereocenters. The maximum absolute atomic E-state index is 10.9. The van der Waals surface area contributed by atoms with Crippen molar-refractivity contribution in [2.24, 2.45) is 23.2 Å². The van der Waals surface area contributed by atoms with Gasteiger partial charge in [-0.15, -0.1) is 0 Å². The molecular weight excluding hydrogens is 210 g/mol. The van der Waals surface area contributed by atoms with E-state index >= 15 is 0 Å². The zero-order chi connectivity index (χ0) is 13.2. The Hall–Kier alpha value is -0.790. The molecular formula is C15H27NO. The Morgan fingerprint density at radius 2 is 1.88 bits per heavy atom. The molecule has 0 aliphatic heterocycles. The van der Waals surface area contributed by atoms with Gasteiger partial charge in [-0.2, -0.15) is 0 Å². The molecule has 0 aromatic heterocycles. The Morgan fingerprint density at radius 1 is 1.29 bits per heavy atom. The van der Waals surface area contributed by atoms with Crippen molar-refractivity contribution in [3.63, 3.8) is 0 Å². The maximum Gasteiger partial charge on any atom is 0.154 e. The Morgan fingerprint density at radius 3 is 2.35 bits per heavy atom. The van der Waals surface area contributed by atoms with Crippen molar-refractivity contribution < 1.29 is 4.79 Å². The normalized spacial score (nSPS) is 27.1. The van der Waals surface area contributed by atoms with E-state index in [1.807, 2.05) is 6.92 Å². The summed E-state index contributed by atoms with van der Waals surface area (Å²) in [4.78, 5) is 10.9. The van der Waals surface area contributed by atoms with Crippen molar-refractivity contribution in [3.8, 4) is 0 Å². The van der Waals surface area contributed by atoms with Crippen LogP contribution in [0.25, 0.3) is 0 Å². The summed E-state index contributed by atoms with van der Waals surface area (Å²) in [6, 6.07) is 0. The molecule has 1 N–H and O–H groups in total. The highest BCUT2D eigenvalue weighted by atomic mass is 16.1. The molecule has 0 unspecified atom stereocenters. The van der Waals surface area contributed by atoms with Gasteiger partial charge in [0.25, 0.3) is 0 Å². The first-order valence-corrected chi connectivity index (χ1v) is 6.68. The summed E-state index contributed by atoms with van der Waals surface area (Å²) in [5, 5.41) is 3.38. The van der Waals surface area contributed by atoms with Gasteiger partial charge in [0.2, 0.25) is 0 Å². The Balaban J connectivity index is 2.41. The standard InChI is InChI=1S/C15H27NO/c1-10(2)7-13-14(15(13,5)6)9-16-11(3)8-12(4)17/h8,10,13-14,16H,7,9H2,1-6H3/b11-8+/t13-,14+/m1/s1. The Labute approximate surface area is 106 Å². The number of hydrogen-bond acceptors (Lipinski definition) is 2. The van der Waals surface area contributed by atoms with Crippen LogP contribution in [0.15, 0.2) is 11.8 Å². The van der Waals surface area contributed by atoms with Crippen LogP contribution in [0.3, 0.4) is 0 Å². The molecule has 1 fully saturated rings. The van der Waals surface area contributed by atoms with Crippen LogP contribution >= 0.6 is 0 Å². The topological polar surface area (TPSA) is 29.1 Å². The number of ketones is 1. The van der Waals surface area contributed by atoms with Gasteiger partial charge in [0.05, 0.1) is 0 Å². The van der Waals surface area contributed by atoms with Gasteiger partial charge in [-0.25, -0.2) is 0 Å². The maximum atomic E-state index is 10.9. The van der Waals surface area contributed by atoms with Crippen LogP contribution in [0.2, 0.25) is 0 Å².